The van der Waals surface area contributed by atoms with E-state index in [9.17, 15) is 0 Å². The summed E-state index contributed by atoms with van der Waals surface area (Å²) < 4.78 is 9.22. The summed E-state index contributed by atoms with van der Waals surface area (Å²) in [5.41, 5.74) is 7.97. The minimum atomic E-state index is -0.534. The van der Waals surface area contributed by atoms with Crippen LogP contribution in [0.1, 0.15) is 38.2 Å². The molecular weight excluding hydrogens is 382 g/mol. The maximum Gasteiger partial charge on any atom is 0.305 e. The van der Waals surface area contributed by atoms with Crippen molar-refractivity contribution in [3.8, 4) is 11.1 Å². The standard InChI is InChI=1S/C23H30N3O2S/c1-16-23(17(2)28-25-16)26-29(27-3)22-9-7-18(8-10-22)20-5-4-6-21(15-20)19-11-13-24-14-12-19/h4-10,15-16,19,24-26H,11-14H2,1-3H3/q+1. The van der Waals surface area contributed by atoms with E-state index in [0.29, 0.717) is 5.92 Å². The fourth-order valence-electron chi connectivity index (χ4n) is 3.95. The maximum absolute atomic E-state index is 5.73. The molecular formula is C23H30N3O2S+. The Morgan fingerprint density at radius 2 is 1.83 bits per heavy atom. The number of hydroxylamine groups is 1. The fourth-order valence-corrected chi connectivity index (χ4v) is 5.25. The van der Waals surface area contributed by atoms with Crippen LogP contribution in [0.4, 0.5) is 0 Å². The second-order valence-electron chi connectivity index (χ2n) is 7.62. The average Bonchev–Trinajstić information content (AvgIpc) is 3.10. The normalized spacial score (nSPS) is 21.1. The van der Waals surface area contributed by atoms with Gasteiger partial charge in [0.25, 0.3) is 0 Å². The molecule has 0 radical (unpaired) electrons. The first kappa shape index (κ1) is 20.3. The molecule has 2 atom stereocenters. The van der Waals surface area contributed by atoms with Crippen LogP contribution in [0.2, 0.25) is 0 Å². The average molecular weight is 413 g/mol. The van der Waals surface area contributed by atoms with Crippen LogP contribution < -0.4 is 15.5 Å². The van der Waals surface area contributed by atoms with Crippen LogP contribution in [0, 0.1) is 0 Å². The lowest BCUT2D eigenvalue weighted by molar-refractivity contribution is 0.121. The van der Waals surface area contributed by atoms with E-state index < -0.39 is 11.4 Å². The van der Waals surface area contributed by atoms with Crippen LogP contribution >= 0.6 is 0 Å². The van der Waals surface area contributed by atoms with Gasteiger partial charge >= 0.3 is 11.4 Å². The van der Waals surface area contributed by atoms with Gasteiger partial charge in [0.2, 0.25) is 4.90 Å². The summed E-state index contributed by atoms with van der Waals surface area (Å²) in [7, 11) is 1.73. The highest BCUT2D eigenvalue weighted by molar-refractivity contribution is 7.90. The van der Waals surface area contributed by atoms with E-state index in [1.165, 1.54) is 29.5 Å². The molecule has 0 saturated carbocycles. The molecule has 2 aromatic carbocycles. The largest absolute Gasteiger partial charge is 0.411 e. The fraction of sp³-hybridized carbons (Fsp3) is 0.391. The zero-order chi connectivity index (χ0) is 20.2. The van der Waals surface area contributed by atoms with E-state index in [1.54, 1.807) is 7.11 Å². The zero-order valence-electron chi connectivity index (χ0n) is 17.3. The van der Waals surface area contributed by atoms with Crippen molar-refractivity contribution in [2.24, 2.45) is 0 Å². The van der Waals surface area contributed by atoms with Gasteiger partial charge in [-0.3, -0.25) is 0 Å². The number of hydrogen-bond acceptors (Lipinski definition) is 5. The number of rotatable bonds is 6. The Balaban J connectivity index is 1.50. The molecule has 0 spiro atoms. The predicted octanol–water partition coefficient (Wildman–Crippen LogP) is 4.02. The first-order valence-corrected chi connectivity index (χ1v) is 11.4. The molecule has 0 bridgehead atoms. The third-order valence-electron chi connectivity index (χ3n) is 5.67. The lowest BCUT2D eigenvalue weighted by Crippen LogP contribution is -2.32. The van der Waals surface area contributed by atoms with Crippen LogP contribution in [0.5, 0.6) is 0 Å². The van der Waals surface area contributed by atoms with Crippen LogP contribution in [0.25, 0.3) is 11.1 Å². The molecule has 0 aromatic heterocycles. The smallest absolute Gasteiger partial charge is 0.305 e. The van der Waals surface area contributed by atoms with Crippen molar-refractivity contribution in [2.45, 2.75) is 43.5 Å². The molecule has 2 aliphatic rings. The third kappa shape index (κ3) is 4.61. The Kier molecular flexibility index (Phi) is 6.45. The lowest BCUT2D eigenvalue weighted by Gasteiger charge is -2.23. The van der Waals surface area contributed by atoms with Gasteiger partial charge in [-0.1, -0.05) is 24.3 Å². The number of hydrogen-bond donors (Lipinski definition) is 3. The first-order chi connectivity index (χ1) is 14.2. The molecule has 5 nitrogen and oxygen atoms in total. The SMILES string of the molecule is CO[S+](NC1=C(C)ONC1C)c1ccc(-c2cccc(C3CCNCC3)c2)cc1. The van der Waals surface area contributed by atoms with Gasteiger partial charge in [0.1, 0.15) is 11.5 Å². The van der Waals surface area contributed by atoms with Gasteiger partial charge in [0.05, 0.1) is 13.2 Å². The van der Waals surface area contributed by atoms with E-state index in [-0.39, 0.29) is 6.04 Å². The van der Waals surface area contributed by atoms with E-state index >= 15 is 0 Å². The summed E-state index contributed by atoms with van der Waals surface area (Å²) in [6, 6.07) is 17.8. The Labute approximate surface area is 176 Å². The van der Waals surface area contributed by atoms with Crippen LogP contribution in [-0.2, 0) is 20.4 Å². The van der Waals surface area contributed by atoms with Crippen molar-refractivity contribution in [1.82, 2.24) is 15.5 Å². The van der Waals surface area contributed by atoms with Gasteiger partial charge in [0.15, 0.2) is 0 Å². The van der Waals surface area contributed by atoms with Crippen LogP contribution in [0.3, 0.4) is 0 Å². The number of benzene rings is 2. The van der Waals surface area contributed by atoms with Crippen molar-refractivity contribution >= 4 is 11.4 Å². The van der Waals surface area contributed by atoms with Gasteiger partial charge in [-0.2, -0.15) is 4.72 Å². The highest BCUT2D eigenvalue weighted by atomic mass is 32.2. The van der Waals surface area contributed by atoms with Crippen molar-refractivity contribution in [1.29, 1.82) is 0 Å². The van der Waals surface area contributed by atoms with Gasteiger partial charge in [-0.25, -0.2) is 0 Å². The number of allylic oxidation sites excluding steroid dienone is 1. The molecule has 0 aliphatic carbocycles. The van der Waals surface area contributed by atoms with E-state index in [0.717, 1.165) is 29.4 Å². The monoisotopic (exact) mass is 412 g/mol. The second-order valence-corrected chi connectivity index (χ2v) is 9.17. The van der Waals surface area contributed by atoms with E-state index in [1.807, 2.05) is 6.92 Å². The predicted molar refractivity (Wildman–Crippen MR) is 119 cm³/mol. The molecule has 29 heavy (non-hydrogen) atoms. The maximum atomic E-state index is 5.73. The van der Waals surface area contributed by atoms with E-state index in [4.69, 9.17) is 9.02 Å². The molecule has 154 valence electrons. The molecule has 2 heterocycles. The van der Waals surface area contributed by atoms with Crippen molar-refractivity contribution < 1.29 is 9.02 Å². The second kappa shape index (κ2) is 9.22. The van der Waals surface area contributed by atoms with Crippen molar-refractivity contribution in [3.05, 3.63) is 65.6 Å². The minimum Gasteiger partial charge on any atom is -0.411 e. The summed E-state index contributed by atoms with van der Waals surface area (Å²) >= 11 is -0.534. The molecule has 1 saturated heterocycles. The summed E-state index contributed by atoms with van der Waals surface area (Å²) in [5, 5.41) is 3.45. The first-order valence-electron chi connectivity index (χ1n) is 10.3. The topological polar surface area (TPSA) is 54.5 Å². The molecule has 2 unspecified atom stereocenters. The van der Waals surface area contributed by atoms with Crippen molar-refractivity contribution in [3.63, 3.8) is 0 Å². The molecule has 2 aliphatic heterocycles. The molecule has 4 rings (SSSR count). The summed E-state index contributed by atoms with van der Waals surface area (Å²) in [6.07, 6.45) is 2.44. The Bertz CT molecular complexity index is 863. The van der Waals surface area contributed by atoms with Gasteiger partial charge in [-0.05, 0) is 86.7 Å². The summed E-state index contributed by atoms with van der Waals surface area (Å²) in [4.78, 5) is 6.53. The molecule has 6 heteroatoms. The summed E-state index contributed by atoms with van der Waals surface area (Å²) in [5.74, 6) is 1.53. The van der Waals surface area contributed by atoms with Gasteiger partial charge in [-0.15, -0.1) is 9.66 Å². The molecule has 1 fully saturated rings. The third-order valence-corrected chi connectivity index (χ3v) is 7.11. The lowest BCUT2D eigenvalue weighted by atomic mass is 9.88. The summed E-state index contributed by atoms with van der Waals surface area (Å²) in [6.45, 7) is 6.25. The van der Waals surface area contributed by atoms with Gasteiger partial charge in [0, 0.05) is 0 Å². The highest BCUT2D eigenvalue weighted by Gasteiger charge is 2.31. The quantitative estimate of drug-likeness (QED) is 0.626. The minimum absolute atomic E-state index is 0.122. The Morgan fingerprint density at radius 1 is 1.07 bits per heavy atom. The van der Waals surface area contributed by atoms with Crippen molar-refractivity contribution in [2.75, 3.05) is 20.2 Å². The molecule has 3 N–H and O–H groups in total. The molecule has 0 amide bonds. The van der Waals surface area contributed by atoms with E-state index in [2.05, 4.69) is 71.0 Å². The molecule has 2 aromatic rings. The Morgan fingerprint density at radius 3 is 2.48 bits per heavy atom. The Hall–Kier alpha value is -1.99. The zero-order valence-corrected chi connectivity index (χ0v) is 18.1. The number of nitrogens with one attached hydrogen (secondary N) is 3. The highest BCUT2D eigenvalue weighted by Crippen LogP contribution is 2.30. The number of piperidine rings is 1. The van der Waals surface area contributed by atoms with Crippen LogP contribution in [-0.4, -0.2) is 26.2 Å². The van der Waals surface area contributed by atoms with Crippen LogP contribution in [0.15, 0.2) is 64.9 Å². The van der Waals surface area contributed by atoms with Gasteiger partial charge < -0.3 is 10.2 Å².